The fraction of sp³-hybridized carbons (Fsp3) is 0.692. The minimum absolute atomic E-state index is 0.0354. The van der Waals surface area contributed by atoms with E-state index in [9.17, 15) is 4.79 Å². The van der Waals surface area contributed by atoms with E-state index in [2.05, 4.69) is 28.9 Å². The lowest BCUT2D eigenvalue weighted by Crippen LogP contribution is -2.50. The van der Waals surface area contributed by atoms with Crippen LogP contribution < -0.4 is 5.73 Å². The van der Waals surface area contributed by atoms with E-state index < -0.39 is 0 Å². The van der Waals surface area contributed by atoms with Crippen molar-refractivity contribution in [2.75, 3.05) is 53.4 Å². The molecule has 1 aliphatic rings. The van der Waals surface area contributed by atoms with Crippen LogP contribution in [0.5, 0.6) is 0 Å². The van der Waals surface area contributed by atoms with Gasteiger partial charge in [-0.25, -0.2) is 4.98 Å². The Morgan fingerprint density at radius 2 is 2.10 bits per heavy atom. The minimum Gasteiger partial charge on any atom is -0.335 e. The van der Waals surface area contributed by atoms with Crippen LogP contribution in [-0.4, -0.2) is 79.0 Å². The Hall–Kier alpha value is -1.02. The summed E-state index contributed by atoms with van der Waals surface area (Å²) in [7, 11) is 4.16. The van der Waals surface area contributed by atoms with Gasteiger partial charge >= 0.3 is 0 Å². The van der Waals surface area contributed by atoms with Gasteiger partial charge in [0.05, 0.1) is 0 Å². The SMILES string of the molecule is CN(C)CCN1CCN(C(=O)c2csc(CN)n2)CC1. The largest absolute Gasteiger partial charge is 0.335 e. The highest BCUT2D eigenvalue weighted by Gasteiger charge is 2.23. The number of hydrogen-bond acceptors (Lipinski definition) is 6. The maximum Gasteiger partial charge on any atom is 0.273 e. The Bertz CT molecular complexity index is 440. The van der Waals surface area contributed by atoms with Crippen molar-refractivity contribution in [3.8, 4) is 0 Å². The first-order chi connectivity index (χ1) is 9.60. The third-order valence-electron chi connectivity index (χ3n) is 3.47. The standard InChI is InChI=1S/C13H23N5OS/c1-16(2)3-4-17-5-7-18(8-6-17)13(19)11-10-20-12(9-14)15-11/h10H,3-9,14H2,1-2H3. The molecule has 7 heteroatoms. The number of rotatable bonds is 5. The average molecular weight is 297 g/mol. The first-order valence-electron chi connectivity index (χ1n) is 6.91. The van der Waals surface area contributed by atoms with Crippen molar-refractivity contribution >= 4 is 17.2 Å². The molecule has 0 spiro atoms. The molecule has 0 aliphatic carbocycles. The Morgan fingerprint density at radius 3 is 2.65 bits per heavy atom. The lowest BCUT2D eigenvalue weighted by Gasteiger charge is -2.34. The molecule has 6 nitrogen and oxygen atoms in total. The van der Waals surface area contributed by atoms with Crippen LogP contribution in [-0.2, 0) is 6.54 Å². The van der Waals surface area contributed by atoms with Gasteiger partial charge in [-0.2, -0.15) is 0 Å². The molecule has 0 unspecified atom stereocenters. The summed E-state index contributed by atoms with van der Waals surface area (Å²) in [6.07, 6.45) is 0. The zero-order valence-electron chi connectivity index (χ0n) is 12.2. The summed E-state index contributed by atoms with van der Waals surface area (Å²) in [5.41, 5.74) is 6.07. The van der Waals surface area contributed by atoms with Crippen molar-refractivity contribution in [1.29, 1.82) is 0 Å². The second-order valence-corrected chi connectivity index (χ2v) is 6.21. The second kappa shape index (κ2) is 7.12. The minimum atomic E-state index is 0.0354. The van der Waals surface area contributed by atoms with E-state index in [1.165, 1.54) is 11.3 Å². The molecule has 0 bridgehead atoms. The van der Waals surface area contributed by atoms with E-state index >= 15 is 0 Å². The molecule has 0 radical (unpaired) electrons. The Balaban J connectivity index is 1.82. The predicted octanol–water partition coefficient (Wildman–Crippen LogP) is -0.0788. The quantitative estimate of drug-likeness (QED) is 0.823. The van der Waals surface area contributed by atoms with Crippen LogP contribution in [0.1, 0.15) is 15.5 Å². The third kappa shape index (κ3) is 3.99. The molecule has 1 saturated heterocycles. The first-order valence-corrected chi connectivity index (χ1v) is 7.79. The molecule has 1 aliphatic heterocycles. The zero-order valence-corrected chi connectivity index (χ0v) is 13.0. The summed E-state index contributed by atoms with van der Waals surface area (Å²) in [5.74, 6) is 0.0354. The molecule has 20 heavy (non-hydrogen) atoms. The molecule has 1 aromatic heterocycles. The Kier molecular flexibility index (Phi) is 5.47. The molecule has 1 amide bonds. The second-order valence-electron chi connectivity index (χ2n) is 5.27. The number of hydrogen-bond donors (Lipinski definition) is 1. The van der Waals surface area contributed by atoms with E-state index in [1.54, 1.807) is 0 Å². The molecule has 2 rings (SSSR count). The molecule has 0 atom stereocenters. The summed E-state index contributed by atoms with van der Waals surface area (Å²) < 4.78 is 0. The number of thiazole rings is 1. The summed E-state index contributed by atoms with van der Waals surface area (Å²) in [6, 6.07) is 0. The molecule has 1 aromatic rings. The van der Waals surface area contributed by atoms with E-state index in [1.807, 2.05) is 10.3 Å². The van der Waals surface area contributed by atoms with Crippen LogP contribution >= 0.6 is 11.3 Å². The van der Waals surface area contributed by atoms with Crippen LogP contribution in [0.15, 0.2) is 5.38 Å². The Labute approximate surface area is 124 Å². The van der Waals surface area contributed by atoms with E-state index in [0.29, 0.717) is 12.2 Å². The van der Waals surface area contributed by atoms with Gasteiger partial charge in [-0.3, -0.25) is 9.69 Å². The van der Waals surface area contributed by atoms with Gasteiger partial charge in [0.15, 0.2) is 0 Å². The number of carbonyl (C=O) groups excluding carboxylic acids is 1. The highest BCUT2D eigenvalue weighted by molar-refractivity contribution is 7.09. The molecule has 2 N–H and O–H groups in total. The number of nitrogens with two attached hydrogens (primary N) is 1. The van der Waals surface area contributed by atoms with Crippen LogP contribution in [0.2, 0.25) is 0 Å². The molecule has 0 saturated carbocycles. The average Bonchev–Trinajstić information content (AvgIpc) is 2.94. The fourth-order valence-electron chi connectivity index (χ4n) is 2.18. The topological polar surface area (TPSA) is 65.7 Å². The van der Waals surface area contributed by atoms with E-state index in [4.69, 9.17) is 5.73 Å². The summed E-state index contributed by atoms with van der Waals surface area (Å²) in [5, 5.41) is 2.63. The lowest BCUT2D eigenvalue weighted by atomic mass is 10.3. The van der Waals surface area contributed by atoms with Crippen LogP contribution in [0.25, 0.3) is 0 Å². The number of likely N-dealkylation sites (N-methyl/N-ethyl adjacent to an activating group) is 1. The number of carbonyl (C=O) groups is 1. The van der Waals surface area contributed by atoms with Gasteiger partial charge in [0, 0.05) is 51.2 Å². The van der Waals surface area contributed by atoms with Crippen LogP contribution in [0, 0.1) is 0 Å². The van der Waals surface area contributed by atoms with Crippen LogP contribution in [0.3, 0.4) is 0 Å². The maximum absolute atomic E-state index is 12.3. The lowest BCUT2D eigenvalue weighted by molar-refractivity contribution is 0.0624. The van der Waals surface area contributed by atoms with Crippen molar-refractivity contribution < 1.29 is 4.79 Å². The molecule has 2 heterocycles. The van der Waals surface area contributed by atoms with Crippen molar-refractivity contribution in [3.63, 3.8) is 0 Å². The predicted molar refractivity (Wildman–Crippen MR) is 80.9 cm³/mol. The summed E-state index contributed by atoms with van der Waals surface area (Å²) in [4.78, 5) is 23.0. The van der Waals surface area contributed by atoms with Gasteiger partial charge in [-0.15, -0.1) is 11.3 Å². The number of amides is 1. The van der Waals surface area contributed by atoms with E-state index in [0.717, 1.165) is 44.3 Å². The van der Waals surface area contributed by atoms with Crippen LogP contribution in [0.4, 0.5) is 0 Å². The Morgan fingerprint density at radius 1 is 1.40 bits per heavy atom. The highest BCUT2D eigenvalue weighted by Crippen LogP contribution is 2.13. The van der Waals surface area contributed by atoms with Crippen molar-refractivity contribution in [1.82, 2.24) is 19.7 Å². The highest BCUT2D eigenvalue weighted by atomic mass is 32.1. The van der Waals surface area contributed by atoms with Gasteiger partial charge < -0.3 is 15.5 Å². The van der Waals surface area contributed by atoms with Crippen molar-refractivity contribution in [2.45, 2.75) is 6.54 Å². The molecule has 112 valence electrons. The van der Waals surface area contributed by atoms with Gasteiger partial charge in [-0.1, -0.05) is 0 Å². The van der Waals surface area contributed by atoms with E-state index in [-0.39, 0.29) is 5.91 Å². The van der Waals surface area contributed by atoms with Gasteiger partial charge in [-0.05, 0) is 14.1 Å². The number of aromatic nitrogens is 1. The third-order valence-corrected chi connectivity index (χ3v) is 4.34. The van der Waals surface area contributed by atoms with Gasteiger partial charge in [0.2, 0.25) is 0 Å². The summed E-state index contributed by atoms with van der Waals surface area (Å²) >= 11 is 1.45. The normalized spacial score (nSPS) is 16.9. The van der Waals surface area contributed by atoms with Gasteiger partial charge in [0.25, 0.3) is 5.91 Å². The molecule has 0 aromatic carbocycles. The first kappa shape index (κ1) is 15.4. The maximum atomic E-state index is 12.3. The number of nitrogens with zero attached hydrogens (tertiary/aromatic N) is 4. The van der Waals surface area contributed by atoms with Crippen molar-refractivity contribution in [2.24, 2.45) is 5.73 Å². The number of piperazine rings is 1. The van der Waals surface area contributed by atoms with Gasteiger partial charge in [0.1, 0.15) is 10.7 Å². The zero-order chi connectivity index (χ0) is 14.5. The van der Waals surface area contributed by atoms with Crippen molar-refractivity contribution in [3.05, 3.63) is 16.1 Å². The molecule has 1 fully saturated rings. The molecular weight excluding hydrogens is 274 g/mol. The smallest absolute Gasteiger partial charge is 0.273 e. The molecular formula is C13H23N5OS. The fourth-order valence-corrected chi connectivity index (χ4v) is 2.83. The monoisotopic (exact) mass is 297 g/mol. The summed E-state index contributed by atoms with van der Waals surface area (Å²) in [6.45, 7) is 5.95.